The minimum atomic E-state index is -4.64. The average Bonchev–Trinajstić information content (AvgIpc) is 2.65. The van der Waals surface area contributed by atoms with E-state index in [0.717, 1.165) is 24.3 Å². The molecule has 0 aliphatic carbocycles. The number of alkyl halides is 6. The fourth-order valence-corrected chi connectivity index (χ4v) is 2.80. The van der Waals surface area contributed by atoms with Crippen LogP contribution in [0.3, 0.4) is 0 Å². The number of carbonyl (C=O) groups excluding carboxylic acids is 1. The first kappa shape index (κ1) is 21.5. The van der Waals surface area contributed by atoms with Crippen molar-refractivity contribution in [2.24, 2.45) is 10.7 Å². The van der Waals surface area contributed by atoms with Gasteiger partial charge in [-0.05, 0) is 30.3 Å². The highest BCUT2D eigenvalue weighted by atomic mass is 19.4. The number of rotatable bonds is 3. The van der Waals surface area contributed by atoms with Crippen LogP contribution in [-0.2, 0) is 6.18 Å². The van der Waals surface area contributed by atoms with E-state index in [1.165, 1.54) is 0 Å². The number of aliphatic imine (C=N–C) groups is 1. The predicted molar refractivity (Wildman–Crippen MR) is 92.4 cm³/mol. The maximum atomic E-state index is 14.2. The van der Waals surface area contributed by atoms with Crippen molar-refractivity contribution in [1.82, 2.24) is 4.98 Å². The number of nitrogens with zero attached hydrogens (tertiary/aromatic N) is 2. The number of benzene rings is 1. The minimum Gasteiger partial charge on any atom is -0.385 e. The summed E-state index contributed by atoms with van der Waals surface area (Å²) < 4.78 is 93.7. The summed E-state index contributed by atoms with van der Waals surface area (Å²) >= 11 is 0. The lowest BCUT2D eigenvalue weighted by Gasteiger charge is -2.30. The van der Waals surface area contributed by atoms with Crippen molar-refractivity contribution in [2.45, 2.75) is 30.7 Å². The fourth-order valence-electron chi connectivity index (χ4n) is 2.80. The molecule has 1 aliphatic heterocycles. The van der Waals surface area contributed by atoms with Crippen LogP contribution in [0, 0.1) is 5.82 Å². The standard InChI is InChI=1S/C18H13F7N4O/c19-11-3-2-9(5-10(11)14-17(21,22)6-12(20)15(26)29-14)28-16(30)13-4-1-8(7-27-13)18(23,24)25/h1-5,7,12,14H,6H2,(H2,26,29)(H,28,30). The van der Waals surface area contributed by atoms with E-state index < -0.39 is 59.4 Å². The van der Waals surface area contributed by atoms with E-state index in [0.29, 0.717) is 12.3 Å². The van der Waals surface area contributed by atoms with E-state index in [2.05, 4.69) is 15.3 Å². The Kier molecular flexibility index (Phi) is 5.44. The Labute approximate surface area is 164 Å². The summed E-state index contributed by atoms with van der Waals surface area (Å²) in [6.07, 6.45) is -7.63. The van der Waals surface area contributed by atoms with Gasteiger partial charge in [0, 0.05) is 17.4 Å². The molecule has 2 heterocycles. The smallest absolute Gasteiger partial charge is 0.385 e. The molecule has 3 rings (SSSR count). The number of hydrogen-bond acceptors (Lipinski definition) is 4. The van der Waals surface area contributed by atoms with Gasteiger partial charge in [0.1, 0.15) is 23.4 Å². The van der Waals surface area contributed by atoms with Gasteiger partial charge in [0.25, 0.3) is 11.8 Å². The molecular weight excluding hydrogens is 421 g/mol. The molecular formula is C18H13F7N4O. The van der Waals surface area contributed by atoms with Crippen molar-refractivity contribution in [3.63, 3.8) is 0 Å². The lowest BCUT2D eigenvalue weighted by molar-refractivity contribution is -0.137. The van der Waals surface area contributed by atoms with Crippen molar-refractivity contribution < 1.29 is 35.5 Å². The maximum absolute atomic E-state index is 14.2. The number of anilines is 1. The molecule has 0 radical (unpaired) electrons. The molecule has 2 atom stereocenters. The highest BCUT2D eigenvalue weighted by molar-refractivity contribution is 6.02. The Morgan fingerprint density at radius 1 is 1.20 bits per heavy atom. The van der Waals surface area contributed by atoms with Crippen molar-refractivity contribution in [2.75, 3.05) is 5.32 Å². The summed E-state index contributed by atoms with van der Waals surface area (Å²) in [7, 11) is 0. The highest BCUT2D eigenvalue weighted by Gasteiger charge is 2.48. The van der Waals surface area contributed by atoms with E-state index in [4.69, 9.17) is 5.73 Å². The van der Waals surface area contributed by atoms with Crippen LogP contribution in [-0.4, -0.2) is 28.8 Å². The van der Waals surface area contributed by atoms with Gasteiger partial charge in [-0.25, -0.2) is 17.6 Å². The number of nitrogens with two attached hydrogens (primary N) is 1. The van der Waals surface area contributed by atoms with Crippen LogP contribution in [0.5, 0.6) is 0 Å². The number of carbonyl (C=O) groups is 1. The predicted octanol–water partition coefficient (Wildman–Crippen LogP) is 4.27. The number of amidine groups is 1. The van der Waals surface area contributed by atoms with Gasteiger partial charge in [-0.1, -0.05) is 0 Å². The van der Waals surface area contributed by atoms with Crippen LogP contribution >= 0.6 is 0 Å². The lowest BCUT2D eigenvalue weighted by Crippen LogP contribution is -2.41. The molecule has 0 bridgehead atoms. The van der Waals surface area contributed by atoms with E-state index in [9.17, 15) is 35.5 Å². The first-order valence-electron chi connectivity index (χ1n) is 8.37. The average molecular weight is 434 g/mol. The highest BCUT2D eigenvalue weighted by Crippen LogP contribution is 2.43. The van der Waals surface area contributed by atoms with Gasteiger partial charge in [-0.2, -0.15) is 13.2 Å². The quantitative estimate of drug-likeness (QED) is 0.709. The molecule has 0 fully saturated rings. The maximum Gasteiger partial charge on any atom is 0.417 e. The second-order valence-electron chi connectivity index (χ2n) is 6.51. The third kappa shape index (κ3) is 4.36. The monoisotopic (exact) mass is 434 g/mol. The van der Waals surface area contributed by atoms with E-state index in [1.54, 1.807) is 0 Å². The van der Waals surface area contributed by atoms with Crippen LogP contribution in [0.1, 0.15) is 34.1 Å². The number of pyridine rings is 1. The normalized spacial score (nSPS) is 21.1. The molecule has 12 heteroatoms. The third-order valence-corrected chi connectivity index (χ3v) is 4.32. The molecule has 0 spiro atoms. The minimum absolute atomic E-state index is 0.148. The van der Waals surface area contributed by atoms with Gasteiger partial charge >= 0.3 is 6.18 Å². The van der Waals surface area contributed by atoms with Gasteiger partial charge in [-0.3, -0.25) is 14.8 Å². The summed E-state index contributed by atoms with van der Waals surface area (Å²) in [6, 6.07) is 2.06. The zero-order valence-electron chi connectivity index (χ0n) is 14.9. The van der Waals surface area contributed by atoms with Crippen LogP contribution in [0.15, 0.2) is 41.5 Å². The van der Waals surface area contributed by atoms with Gasteiger partial charge < -0.3 is 11.1 Å². The lowest BCUT2D eigenvalue weighted by atomic mass is 9.93. The molecule has 5 nitrogen and oxygen atoms in total. The second-order valence-corrected chi connectivity index (χ2v) is 6.51. The summed E-state index contributed by atoms with van der Waals surface area (Å²) in [5, 5.41) is 2.22. The Bertz CT molecular complexity index is 989. The van der Waals surface area contributed by atoms with E-state index in [-0.39, 0.29) is 11.4 Å². The Balaban J connectivity index is 1.86. The van der Waals surface area contributed by atoms with Gasteiger partial charge in [0.2, 0.25) is 0 Å². The van der Waals surface area contributed by atoms with Crippen LogP contribution in [0.25, 0.3) is 0 Å². The van der Waals surface area contributed by atoms with Crippen molar-refractivity contribution in [3.8, 4) is 0 Å². The Morgan fingerprint density at radius 3 is 2.50 bits per heavy atom. The van der Waals surface area contributed by atoms with Gasteiger partial charge in [0.15, 0.2) is 6.17 Å². The van der Waals surface area contributed by atoms with Crippen LogP contribution in [0.2, 0.25) is 0 Å². The van der Waals surface area contributed by atoms with Crippen molar-refractivity contribution in [3.05, 3.63) is 59.2 Å². The van der Waals surface area contributed by atoms with E-state index in [1.807, 2.05) is 0 Å². The van der Waals surface area contributed by atoms with Crippen molar-refractivity contribution >= 4 is 17.4 Å². The first-order valence-corrected chi connectivity index (χ1v) is 8.37. The largest absolute Gasteiger partial charge is 0.417 e. The zero-order valence-corrected chi connectivity index (χ0v) is 14.9. The molecule has 1 amide bonds. The first-order chi connectivity index (χ1) is 13.9. The Hall–Kier alpha value is -3.18. The molecule has 0 saturated carbocycles. The van der Waals surface area contributed by atoms with Gasteiger partial charge in [-0.15, -0.1) is 0 Å². The second kappa shape index (κ2) is 7.58. The molecule has 3 N–H and O–H groups in total. The molecule has 30 heavy (non-hydrogen) atoms. The van der Waals surface area contributed by atoms with Gasteiger partial charge in [0.05, 0.1) is 12.0 Å². The number of halogens is 7. The van der Waals surface area contributed by atoms with E-state index >= 15 is 0 Å². The Morgan fingerprint density at radius 2 is 1.90 bits per heavy atom. The SMILES string of the molecule is NC1=NC(c2cc(NC(=O)c3ccc(C(F)(F)F)cn3)ccc2F)C(F)(F)CC1F. The number of amides is 1. The van der Waals surface area contributed by atoms with Crippen LogP contribution in [0.4, 0.5) is 36.4 Å². The fraction of sp³-hybridized carbons (Fsp3) is 0.278. The molecule has 2 unspecified atom stereocenters. The molecule has 160 valence electrons. The summed E-state index contributed by atoms with van der Waals surface area (Å²) in [5.74, 6) is -6.47. The molecule has 0 saturated heterocycles. The number of nitrogens with one attached hydrogen (secondary N) is 1. The topological polar surface area (TPSA) is 80.4 Å². The molecule has 1 aromatic carbocycles. The number of aromatic nitrogens is 1. The zero-order chi connectivity index (χ0) is 22.3. The summed E-state index contributed by atoms with van der Waals surface area (Å²) in [6.45, 7) is 0. The molecule has 1 aromatic heterocycles. The van der Waals surface area contributed by atoms with Crippen molar-refractivity contribution in [1.29, 1.82) is 0 Å². The molecule has 1 aliphatic rings. The summed E-state index contributed by atoms with van der Waals surface area (Å²) in [5.41, 5.74) is 3.04. The third-order valence-electron chi connectivity index (χ3n) is 4.32. The number of hydrogen-bond donors (Lipinski definition) is 2. The van der Waals surface area contributed by atoms with Crippen LogP contribution < -0.4 is 11.1 Å². The summed E-state index contributed by atoms with van der Waals surface area (Å²) in [4.78, 5) is 18.9. The molecule has 2 aromatic rings.